The zero-order valence-corrected chi connectivity index (χ0v) is 12.6. The lowest BCUT2D eigenvalue weighted by Crippen LogP contribution is -2.49. The molecule has 22 heavy (non-hydrogen) atoms. The maximum Gasteiger partial charge on any atom is 0.315 e. The molecule has 7 nitrogen and oxygen atoms in total. The highest BCUT2D eigenvalue weighted by molar-refractivity contribution is 5.74. The largest absolute Gasteiger partial charge is 0.391 e. The molecule has 2 amide bonds. The molecule has 3 unspecified atom stereocenters. The van der Waals surface area contributed by atoms with Crippen LogP contribution in [0.1, 0.15) is 44.5 Å². The summed E-state index contributed by atoms with van der Waals surface area (Å²) in [6.07, 6.45) is 5.02. The number of hydrogen-bond donors (Lipinski definition) is 3. The highest BCUT2D eigenvalue weighted by Gasteiger charge is 2.25. The third kappa shape index (κ3) is 3.04. The van der Waals surface area contributed by atoms with Gasteiger partial charge in [-0.25, -0.2) is 4.79 Å². The number of rotatable bonds is 3. The van der Waals surface area contributed by atoms with Crippen LogP contribution in [-0.4, -0.2) is 37.9 Å². The van der Waals surface area contributed by atoms with Gasteiger partial charge in [-0.1, -0.05) is 18.9 Å². The highest BCUT2D eigenvalue weighted by Crippen LogP contribution is 2.18. The SMILES string of the molecule is CC(NC(=O)NC1CCCCC1O)c1nnc2ccccn12. The molecule has 0 radical (unpaired) electrons. The van der Waals surface area contributed by atoms with Gasteiger partial charge in [0.1, 0.15) is 0 Å². The molecule has 2 heterocycles. The lowest BCUT2D eigenvalue weighted by molar-refractivity contribution is 0.0940. The van der Waals surface area contributed by atoms with Gasteiger partial charge in [0, 0.05) is 6.20 Å². The maximum atomic E-state index is 12.1. The third-order valence-electron chi connectivity index (χ3n) is 4.12. The number of carbonyl (C=O) groups is 1. The average molecular weight is 303 g/mol. The summed E-state index contributed by atoms with van der Waals surface area (Å²) >= 11 is 0. The van der Waals surface area contributed by atoms with Gasteiger partial charge in [0.15, 0.2) is 11.5 Å². The van der Waals surface area contributed by atoms with Crippen molar-refractivity contribution >= 4 is 11.7 Å². The topological polar surface area (TPSA) is 91.5 Å². The number of aliphatic hydroxyl groups is 1. The van der Waals surface area contributed by atoms with Crippen molar-refractivity contribution < 1.29 is 9.90 Å². The normalized spacial score (nSPS) is 23.2. The minimum atomic E-state index is -0.455. The zero-order valence-electron chi connectivity index (χ0n) is 12.6. The molecule has 3 atom stereocenters. The standard InChI is InChI=1S/C15H21N5O2/c1-10(14-19-18-13-8-4-5-9-20(13)14)16-15(22)17-11-6-2-3-7-12(11)21/h4-5,8-12,21H,2-3,6-7H2,1H3,(H2,16,17,22). The Morgan fingerprint density at radius 1 is 1.36 bits per heavy atom. The van der Waals surface area contributed by atoms with E-state index in [1.54, 1.807) is 0 Å². The molecule has 1 saturated carbocycles. The van der Waals surface area contributed by atoms with Gasteiger partial charge in [-0.3, -0.25) is 4.40 Å². The van der Waals surface area contributed by atoms with Crippen molar-refractivity contribution in [1.29, 1.82) is 0 Å². The van der Waals surface area contributed by atoms with E-state index in [1.165, 1.54) is 0 Å². The summed E-state index contributed by atoms with van der Waals surface area (Å²) < 4.78 is 1.85. The predicted octanol–water partition coefficient (Wildman–Crippen LogP) is 1.39. The smallest absolute Gasteiger partial charge is 0.315 e. The van der Waals surface area contributed by atoms with Crippen LogP contribution in [0, 0.1) is 0 Å². The quantitative estimate of drug-likeness (QED) is 0.799. The Morgan fingerprint density at radius 2 is 2.18 bits per heavy atom. The fraction of sp³-hybridized carbons (Fsp3) is 0.533. The predicted molar refractivity (Wildman–Crippen MR) is 81.3 cm³/mol. The van der Waals surface area contributed by atoms with Crippen molar-refractivity contribution in [2.75, 3.05) is 0 Å². The van der Waals surface area contributed by atoms with Gasteiger partial charge in [-0.2, -0.15) is 0 Å². The van der Waals surface area contributed by atoms with Crippen LogP contribution in [0.25, 0.3) is 5.65 Å². The third-order valence-corrected chi connectivity index (χ3v) is 4.12. The first-order valence-electron chi connectivity index (χ1n) is 7.70. The van der Waals surface area contributed by atoms with Gasteiger partial charge in [0.2, 0.25) is 0 Å². The van der Waals surface area contributed by atoms with Crippen molar-refractivity contribution in [3.63, 3.8) is 0 Å². The van der Waals surface area contributed by atoms with Crippen LogP contribution < -0.4 is 10.6 Å². The number of carbonyl (C=O) groups excluding carboxylic acids is 1. The van der Waals surface area contributed by atoms with Crippen LogP contribution >= 0.6 is 0 Å². The number of nitrogens with zero attached hydrogens (tertiary/aromatic N) is 3. The Bertz CT molecular complexity index is 656. The fourth-order valence-electron chi connectivity index (χ4n) is 2.91. The number of pyridine rings is 1. The Hall–Kier alpha value is -2.15. The van der Waals surface area contributed by atoms with Gasteiger partial charge in [-0.05, 0) is 31.9 Å². The van der Waals surface area contributed by atoms with E-state index in [0.29, 0.717) is 5.82 Å². The summed E-state index contributed by atoms with van der Waals surface area (Å²) in [4.78, 5) is 12.1. The van der Waals surface area contributed by atoms with Gasteiger partial charge in [-0.15, -0.1) is 10.2 Å². The number of aromatic nitrogens is 3. The molecular formula is C15H21N5O2. The molecule has 0 aromatic carbocycles. The minimum Gasteiger partial charge on any atom is -0.391 e. The fourth-order valence-corrected chi connectivity index (χ4v) is 2.91. The highest BCUT2D eigenvalue weighted by atomic mass is 16.3. The van der Waals surface area contributed by atoms with Crippen molar-refractivity contribution in [3.8, 4) is 0 Å². The molecule has 1 fully saturated rings. The van der Waals surface area contributed by atoms with E-state index in [0.717, 1.165) is 31.3 Å². The molecule has 2 aromatic rings. The van der Waals surface area contributed by atoms with E-state index in [2.05, 4.69) is 20.8 Å². The monoisotopic (exact) mass is 303 g/mol. The van der Waals surface area contributed by atoms with E-state index in [4.69, 9.17) is 0 Å². The molecule has 0 aliphatic heterocycles. The molecule has 3 rings (SSSR count). The summed E-state index contributed by atoms with van der Waals surface area (Å²) in [6, 6.07) is 4.91. The van der Waals surface area contributed by atoms with Crippen molar-refractivity contribution in [2.24, 2.45) is 0 Å². The van der Waals surface area contributed by atoms with Gasteiger partial charge < -0.3 is 15.7 Å². The lowest BCUT2D eigenvalue weighted by Gasteiger charge is -2.28. The van der Waals surface area contributed by atoms with Crippen LogP contribution in [0.2, 0.25) is 0 Å². The summed E-state index contributed by atoms with van der Waals surface area (Å²) in [5.74, 6) is 0.676. The molecule has 118 valence electrons. The first kappa shape index (κ1) is 14.8. The number of aliphatic hydroxyl groups excluding tert-OH is 1. The molecule has 0 bridgehead atoms. The van der Waals surface area contributed by atoms with Crippen LogP contribution in [-0.2, 0) is 0 Å². The molecule has 2 aromatic heterocycles. The lowest BCUT2D eigenvalue weighted by atomic mass is 9.93. The summed E-state index contributed by atoms with van der Waals surface area (Å²) in [5.41, 5.74) is 0.745. The Morgan fingerprint density at radius 3 is 3.00 bits per heavy atom. The van der Waals surface area contributed by atoms with Gasteiger partial charge in [0.25, 0.3) is 0 Å². The van der Waals surface area contributed by atoms with Crippen LogP contribution in [0.15, 0.2) is 24.4 Å². The molecule has 0 saturated heterocycles. The van der Waals surface area contributed by atoms with Gasteiger partial charge in [0.05, 0.1) is 18.2 Å². The molecule has 1 aliphatic rings. The summed E-state index contributed by atoms with van der Waals surface area (Å²) in [5, 5.41) is 23.8. The molecule has 3 N–H and O–H groups in total. The van der Waals surface area contributed by atoms with E-state index in [1.807, 2.05) is 35.7 Å². The van der Waals surface area contributed by atoms with E-state index in [-0.39, 0.29) is 18.1 Å². The number of urea groups is 1. The summed E-state index contributed by atoms with van der Waals surface area (Å²) in [6.45, 7) is 1.86. The Balaban J connectivity index is 1.63. The Kier molecular flexibility index (Phi) is 4.24. The second-order valence-corrected chi connectivity index (χ2v) is 5.78. The summed E-state index contributed by atoms with van der Waals surface area (Å²) in [7, 11) is 0. The van der Waals surface area contributed by atoms with E-state index < -0.39 is 6.10 Å². The number of hydrogen-bond acceptors (Lipinski definition) is 4. The van der Waals surface area contributed by atoms with Crippen LogP contribution in [0.4, 0.5) is 4.79 Å². The first-order valence-corrected chi connectivity index (χ1v) is 7.70. The second-order valence-electron chi connectivity index (χ2n) is 5.78. The molecule has 7 heteroatoms. The zero-order chi connectivity index (χ0) is 15.5. The second kappa shape index (κ2) is 6.31. The van der Waals surface area contributed by atoms with Crippen LogP contribution in [0.5, 0.6) is 0 Å². The number of amides is 2. The van der Waals surface area contributed by atoms with Crippen molar-refractivity contribution in [2.45, 2.75) is 50.8 Å². The van der Waals surface area contributed by atoms with Gasteiger partial charge >= 0.3 is 6.03 Å². The molecule has 0 spiro atoms. The van der Waals surface area contributed by atoms with Crippen LogP contribution in [0.3, 0.4) is 0 Å². The maximum absolute atomic E-state index is 12.1. The van der Waals surface area contributed by atoms with E-state index in [9.17, 15) is 9.90 Å². The number of nitrogens with one attached hydrogen (secondary N) is 2. The number of fused-ring (bicyclic) bond motifs is 1. The first-order chi connectivity index (χ1) is 10.6. The van der Waals surface area contributed by atoms with Crippen molar-refractivity contribution in [1.82, 2.24) is 25.2 Å². The molecule has 1 aliphatic carbocycles. The van der Waals surface area contributed by atoms with Crippen molar-refractivity contribution in [3.05, 3.63) is 30.2 Å². The van der Waals surface area contributed by atoms with E-state index >= 15 is 0 Å². The average Bonchev–Trinajstić information content (AvgIpc) is 2.93. The molecular weight excluding hydrogens is 282 g/mol. The minimum absolute atomic E-state index is 0.170. The Labute approximate surface area is 128 Å².